The minimum atomic E-state index is 0.197. The van der Waals surface area contributed by atoms with E-state index in [1.807, 2.05) is 0 Å². The summed E-state index contributed by atoms with van der Waals surface area (Å²) >= 11 is 0. The van der Waals surface area contributed by atoms with Crippen molar-refractivity contribution in [3.05, 3.63) is 23.5 Å². The molecule has 68 valence electrons. The molecular weight excluding hydrogens is 148 g/mol. The van der Waals surface area contributed by atoms with E-state index in [1.54, 1.807) is 0 Å². The lowest BCUT2D eigenvalue weighted by Crippen LogP contribution is -2.18. The summed E-state index contributed by atoms with van der Waals surface area (Å²) in [6, 6.07) is 0. The lowest BCUT2D eigenvalue weighted by molar-refractivity contribution is 0.175. The van der Waals surface area contributed by atoms with Gasteiger partial charge in [-0.05, 0) is 30.4 Å². The molecule has 1 heterocycles. The summed E-state index contributed by atoms with van der Waals surface area (Å²) in [6.07, 6.45) is 0.206. The van der Waals surface area contributed by atoms with Crippen LogP contribution < -0.4 is 0 Å². The van der Waals surface area contributed by atoms with Crippen molar-refractivity contribution >= 4 is 0 Å². The zero-order valence-corrected chi connectivity index (χ0v) is 8.69. The third-order valence-electron chi connectivity index (χ3n) is 2.36. The SMILES string of the molecule is C=C1OC(C)C(C(C)(C)C)=C1C. The number of ether oxygens (including phenoxy) is 1. The Morgan fingerprint density at radius 2 is 1.83 bits per heavy atom. The van der Waals surface area contributed by atoms with E-state index in [-0.39, 0.29) is 11.5 Å². The highest BCUT2D eigenvalue weighted by atomic mass is 16.5. The average Bonchev–Trinajstić information content (AvgIpc) is 2.05. The Balaban J connectivity index is 3.09. The minimum absolute atomic E-state index is 0.197. The first-order chi connectivity index (χ1) is 5.34. The van der Waals surface area contributed by atoms with Crippen LogP contribution in [0.5, 0.6) is 0 Å². The summed E-state index contributed by atoms with van der Waals surface area (Å²) in [5, 5.41) is 0. The summed E-state index contributed by atoms with van der Waals surface area (Å²) in [5.74, 6) is 0.840. The molecule has 0 saturated heterocycles. The monoisotopic (exact) mass is 166 g/mol. The Morgan fingerprint density at radius 1 is 1.33 bits per heavy atom. The molecule has 1 nitrogen and oxygen atoms in total. The molecule has 0 aromatic heterocycles. The largest absolute Gasteiger partial charge is 0.487 e. The van der Waals surface area contributed by atoms with Crippen molar-refractivity contribution in [3.8, 4) is 0 Å². The van der Waals surface area contributed by atoms with Gasteiger partial charge >= 0.3 is 0 Å². The van der Waals surface area contributed by atoms with Gasteiger partial charge in [-0.25, -0.2) is 0 Å². The van der Waals surface area contributed by atoms with Gasteiger partial charge in [-0.3, -0.25) is 0 Å². The highest BCUT2D eigenvalue weighted by Crippen LogP contribution is 2.39. The van der Waals surface area contributed by atoms with Crippen LogP contribution in [0.15, 0.2) is 23.5 Å². The van der Waals surface area contributed by atoms with Crippen LogP contribution in [0.3, 0.4) is 0 Å². The molecule has 1 atom stereocenters. The zero-order chi connectivity index (χ0) is 9.52. The predicted octanol–water partition coefficient (Wildman–Crippen LogP) is 3.28. The maximum absolute atomic E-state index is 5.54. The van der Waals surface area contributed by atoms with Gasteiger partial charge in [-0.2, -0.15) is 0 Å². The number of hydrogen-bond donors (Lipinski definition) is 0. The molecule has 0 spiro atoms. The second kappa shape index (κ2) is 2.65. The molecule has 1 rings (SSSR count). The molecule has 0 aromatic carbocycles. The van der Waals surface area contributed by atoms with Gasteiger partial charge in [-0.1, -0.05) is 27.4 Å². The minimum Gasteiger partial charge on any atom is -0.487 e. The molecule has 1 aliphatic heterocycles. The van der Waals surface area contributed by atoms with Gasteiger partial charge in [0.05, 0.1) is 0 Å². The molecule has 0 bridgehead atoms. The molecule has 0 amide bonds. The average molecular weight is 166 g/mol. The summed E-state index contributed by atoms with van der Waals surface area (Å²) in [5.41, 5.74) is 2.81. The van der Waals surface area contributed by atoms with Crippen molar-refractivity contribution in [1.29, 1.82) is 0 Å². The van der Waals surface area contributed by atoms with Crippen molar-refractivity contribution in [1.82, 2.24) is 0 Å². The third kappa shape index (κ3) is 1.40. The normalized spacial score (nSPS) is 24.8. The summed E-state index contributed by atoms with van der Waals surface area (Å²) in [4.78, 5) is 0. The van der Waals surface area contributed by atoms with Gasteiger partial charge in [0.2, 0.25) is 0 Å². The van der Waals surface area contributed by atoms with Crippen molar-refractivity contribution in [2.45, 2.75) is 40.7 Å². The molecule has 0 aliphatic carbocycles. The van der Waals surface area contributed by atoms with Crippen molar-refractivity contribution < 1.29 is 4.74 Å². The van der Waals surface area contributed by atoms with Gasteiger partial charge < -0.3 is 4.74 Å². The lowest BCUT2D eigenvalue weighted by Gasteiger charge is -2.23. The van der Waals surface area contributed by atoms with Crippen molar-refractivity contribution in [2.24, 2.45) is 5.41 Å². The van der Waals surface area contributed by atoms with Crippen LogP contribution in [0.2, 0.25) is 0 Å². The topological polar surface area (TPSA) is 9.23 Å². The van der Waals surface area contributed by atoms with Crippen LogP contribution >= 0.6 is 0 Å². The number of hydrogen-bond acceptors (Lipinski definition) is 1. The van der Waals surface area contributed by atoms with E-state index in [1.165, 1.54) is 11.1 Å². The van der Waals surface area contributed by atoms with Gasteiger partial charge in [0.15, 0.2) is 0 Å². The smallest absolute Gasteiger partial charge is 0.118 e. The molecular formula is C11H18O. The Hall–Kier alpha value is -0.720. The van der Waals surface area contributed by atoms with Gasteiger partial charge in [-0.15, -0.1) is 0 Å². The highest BCUT2D eigenvalue weighted by molar-refractivity contribution is 5.38. The van der Waals surface area contributed by atoms with Crippen LogP contribution in [0, 0.1) is 5.41 Å². The maximum atomic E-state index is 5.54. The number of rotatable bonds is 0. The fraction of sp³-hybridized carbons (Fsp3) is 0.636. The highest BCUT2D eigenvalue weighted by Gasteiger charge is 2.31. The van der Waals surface area contributed by atoms with Crippen LogP contribution in [0.4, 0.5) is 0 Å². The summed E-state index contributed by atoms with van der Waals surface area (Å²) < 4.78 is 5.54. The number of allylic oxidation sites excluding steroid dienone is 1. The molecule has 1 unspecified atom stereocenters. The predicted molar refractivity (Wildman–Crippen MR) is 51.8 cm³/mol. The molecule has 1 heteroatoms. The van der Waals surface area contributed by atoms with E-state index in [4.69, 9.17) is 4.74 Å². The fourth-order valence-corrected chi connectivity index (χ4v) is 1.99. The van der Waals surface area contributed by atoms with Crippen LogP contribution in [0.25, 0.3) is 0 Å². The Bertz CT molecular complexity index is 240. The van der Waals surface area contributed by atoms with Crippen molar-refractivity contribution in [2.75, 3.05) is 0 Å². The van der Waals surface area contributed by atoms with E-state index in [0.29, 0.717) is 0 Å². The summed E-state index contributed by atoms with van der Waals surface area (Å²) in [7, 11) is 0. The zero-order valence-electron chi connectivity index (χ0n) is 8.69. The maximum Gasteiger partial charge on any atom is 0.118 e. The van der Waals surface area contributed by atoms with E-state index >= 15 is 0 Å². The summed E-state index contributed by atoms with van der Waals surface area (Å²) in [6.45, 7) is 14.7. The second-order valence-corrected chi connectivity index (χ2v) is 4.47. The van der Waals surface area contributed by atoms with E-state index in [9.17, 15) is 0 Å². The van der Waals surface area contributed by atoms with Gasteiger partial charge in [0.1, 0.15) is 11.9 Å². The van der Waals surface area contributed by atoms with Crippen LogP contribution in [-0.2, 0) is 4.74 Å². The van der Waals surface area contributed by atoms with Crippen LogP contribution in [-0.4, -0.2) is 6.10 Å². The molecule has 0 saturated carbocycles. The third-order valence-corrected chi connectivity index (χ3v) is 2.36. The van der Waals surface area contributed by atoms with Crippen molar-refractivity contribution in [3.63, 3.8) is 0 Å². The molecule has 0 N–H and O–H groups in total. The standard InChI is InChI=1S/C11H18O/c1-7-8(2)12-9(3)10(7)11(4,5)6/h9H,2H2,1,3-6H3. The second-order valence-electron chi connectivity index (χ2n) is 4.47. The first kappa shape index (κ1) is 9.37. The molecule has 0 aromatic rings. The quantitative estimate of drug-likeness (QED) is 0.536. The Labute approximate surface area is 75.1 Å². The molecule has 12 heavy (non-hydrogen) atoms. The first-order valence-corrected chi connectivity index (χ1v) is 4.41. The Kier molecular flexibility index (Phi) is 2.07. The van der Waals surface area contributed by atoms with Gasteiger partial charge in [0, 0.05) is 0 Å². The van der Waals surface area contributed by atoms with E-state index < -0.39 is 0 Å². The van der Waals surface area contributed by atoms with E-state index in [0.717, 1.165) is 5.76 Å². The van der Waals surface area contributed by atoms with Gasteiger partial charge in [0.25, 0.3) is 0 Å². The first-order valence-electron chi connectivity index (χ1n) is 4.41. The van der Waals surface area contributed by atoms with Crippen LogP contribution in [0.1, 0.15) is 34.6 Å². The van der Waals surface area contributed by atoms with E-state index in [2.05, 4.69) is 41.2 Å². The fourth-order valence-electron chi connectivity index (χ4n) is 1.99. The molecule has 1 aliphatic rings. The lowest BCUT2D eigenvalue weighted by atomic mass is 9.82. The molecule has 0 radical (unpaired) electrons. The molecule has 0 fully saturated rings. The Morgan fingerprint density at radius 3 is 2.00 bits per heavy atom.